The van der Waals surface area contributed by atoms with Gasteiger partial charge in [0.25, 0.3) is 0 Å². The molecule has 2 aromatic carbocycles. The van der Waals surface area contributed by atoms with E-state index >= 15 is 0 Å². The second kappa shape index (κ2) is 9.16. The van der Waals surface area contributed by atoms with E-state index in [9.17, 15) is 4.79 Å². The number of carbonyl (C=O) groups is 1. The lowest BCUT2D eigenvalue weighted by Crippen LogP contribution is -2.45. The van der Waals surface area contributed by atoms with E-state index in [-0.39, 0.29) is 30.0 Å². The predicted molar refractivity (Wildman–Crippen MR) is 118 cm³/mol. The zero-order valence-electron chi connectivity index (χ0n) is 18.5. The van der Waals surface area contributed by atoms with E-state index in [4.69, 9.17) is 14.2 Å². The molecule has 0 spiro atoms. The van der Waals surface area contributed by atoms with Gasteiger partial charge in [-0.1, -0.05) is 25.1 Å². The zero-order valence-corrected chi connectivity index (χ0v) is 18.5. The van der Waals surface area contributed by atoms with Crippen molar-refractivity contribution in [3.05, 3.63) is 53.1 Å². The fourth-order valence-electron chi connectivity index (χ4n) is 4.41. The molecule has 4 rings (SSSR count). The Bertz CT molecular complexity index is 948. The lowest BCUT2D eigenvalue weighted by Gasteiger charge is -2.23. The van der Waals surface area contributed by atoms with Crippen LogP contribution in [0, 0.1) is 5.92 Å². The van der Waals surface area contributed by atoms with Gasteiger partial charge in [-0.2, -0.15) is 0 Å². The van der Waals surface area contributed by atoms with Crippen molar-refractivity contribution < 1.29 is 19.0 Å². The maximum absolute atomic E-state index is 13.1. The average molecular weight is 426 g/mol. The number of hydrogen-bond donors (Lipinski definition) is 3. The molecular weight excluding hydrogens is 394 g/mol. The van der Waals surface area contributed by atoms with Crippen molar-refractivity contribution in [3.63, 3.8) is 0 Å². The summed E-state index contributed by atoms with van der Waals surface area (Å²) in [6.07, 6.45) is 2.04. The van der Waals surface area contributed by atoms with Gasteiger partial charge in [-0.25, -0.2) is 10.9 Å². The molecule has 4 atom stereocenters. The molecule has 7 nitrogen and oxygen atoms in total. The highest BCUT2D eigenvalue weighted by Gasteiger charge is 2.39. The van der Waals surface area contributed by atoms with Crippen molar-refractivity contribution in [3.8, 4) is 17.2 Å². The number of aryl methyl sites for hydroxylation is 1. The Morgan fingerprint density at radius 1 is 1.16 bits per heavy atom. The van der Waals surface area contributed by atoms with Crippen LogP contribution in [0.25, 0.3) is 0 Å². The fourth-order valence-corrected chi connectivity index (χ4v) is 4.41. The van der Waals surface area contributed by atoms with Gasteiger partial charge in [-0.3, -0.25) is 4.79 Å². The fraction of sp³-hybridized carbons (Fsp3) is 0.458. The van der Waals surface area contributed by atoms with Crippen LogP contribution in [-0.4, -0.2) is 32.8 Å². The molecule has 0 bridgehead atoms. The van der Waals surface area contributed by atoms with Crippen LogP contribution < -0.4 is 30.4 Å². The van der Waals surface area contributed by atoms with Crippen LogP contribution in [0.3, 0.4) is 0 Å². The third kappa shape index (κ3) is 4.34. The molecule has 31 heavy (non-hydrogen) atoms. The summed E-state index contributed by atoms with van der Waals surface area (Å²) < 4.78 is 16.5. The first-order valence-corrected chi connectivity index (χ1v) is 10.8. The number of nitrogens with one attached hydrogen (secondary N) is 3. The van der Waals surface area contributed by atoms with E-state index in [0.717, 1.165) is 47.8 Å². The maximum Gasteiger partial charge on any atom is 0.239 e. The van der Waals surface area contributed by atoms with Gasteiger partial charge < -0.3 is 19.5 Å². The van der Waals surface area contributed by atoms with Gasteiger partial charge in [-0.15, -0.1) is 0 Å². The number of methoxy groups -OCH3 is 2. The van der Waals surface area contributed by atoms with E-state index < -0.39 is 0 Å². The van der Waals surface area contributed by atoms with Gasteiger partial charge in [0, 0.05) is 17.5 Å². The number of hydrogen-bond acceptors (Lipinski definition) is 6. The molecule has 0 radical (unpaired) electrons. The number of amides is 1. The summed E-state index contributed by atoms with van der Waals surface area (Å²) in [7, 11) is 3.27. The monoisotopic (exact) mass is 425 g/mol. The Labute approximate surface area is 183 Å². The van der Waals surface area contributed by atoms with Crippen LogP contribution in [0.2, 0.25) is 0 Å². The second-order valence-electron chi connectivity index (χ2n) is 8.26. The van der Waals surface area contributed by atoms with Crippen molar-refractivity contribution in [2.75, 3.05) is 20.8 Å². The Balaban J connectivity index is 1.44. The van der Waals surface area contributed by atoms with Gasteiger partial charge in [0.15, 0.2) is 0 Å². The molecule has 0 aromatic heterocycles. The van der Waals surface area contributed by atoms with Crippen LogP contribution in [0.1, 0.15) is 49.0 Å². The summed E-state index contributed by atoms with van der Waals surface area (Å²) in [5.74, 6) is 2.41. The first-order valence-electron chi connectivity index (χ1n) is 10.8. The number of ether oxygens (including phenoxy) is 3. The molecule has 3 N–H and O–H groups in total. The van der Waals surface area contributed by atoms with Crippen LogP contribution >= 0.6 is 0 Å². The highest BCUT2D eigenvalue weighted by molar-refractivity contribution is 5.83. The summed E-state index contributed by atoms with van der Waals surface area (Å²) in [6, 6.07) is 11.4. The highest BCUT2D eigenvalue weighted by Crippen LogP contribution is 2.36. The van der Waals surface area contributed by atoms with Gasteiger partial charge in [0.2, 0.25) is 5.91 Å². The molecule has 1 fully saturated rings. The van der Waals surface area contributed by atoms with Crippen LogP contribution in [0.15, 0.2) is 36.4 Å². The van der Waals surface area contributed by atoms with Gasteiger partial charge >= 0.3 is 0 Å². The Morgan fingerprint density at radius 3 is 2.77 bits per heavy atom. The largest absolute Gasteiger partial charge is 0.497 e. The quantitative estimate of drug-likeness (QED) is 0.660. The third-order valence-corrected chi connectivity index (χ3v) is 6.30. The lowest BCUT2D eigenvalue weighted by molar-refractivity contribution is -0.124. The Kier molecular flexibility index (Phi) is 6.34. The topological polar surface area (TPSA) is 80.9 Å². The van der Waals surface area contributed by atoms with Crippen LogP contribution in [0.4, 0.5) is 0 Å². The van der Waals surface area contributed by atoms with Gasteiger partial charge in [-0.05, 0) is 43.0 Å². The number of rotatable bonds is 6. The highest BCUT2D eigenvalue weighted by atomic mass is 16.5. The second-order valence-corrected chi connectivity index (χ2v) is 8.26. The Morgan fingerprint density at radius 2 is 2.00 bits per heavy atom. The minimum absolute atomic E-state index is 0.0198. The molecule has 0 aliphatic carbocycles. The third-order valence-electron chi connectivity index (χ3n) is 6.30. The normalized spacial score (nSPS) is 23.4. The summed E-state index contributed by atoms with van der Waals surface area (Å²) in [4.78, 5) is 13.1. The Hall–Kier alpha value is -2.77. The van der Waals surface area contributed by atoms with E-state index in [1.54, 1.807) is 14.2 Å². The minimum atomic E-state index is -0.361. The molecule has 4 unspecified atom stereocenters. The molecule has 0 saturated carbocycles. The van der Waals surface area contributed by atoms with Crippen molar-refractivity contribution in [2.45, 2.75) is 44.8 Å². The predicted octanol–water partition coefficient (Wildman–Crippen LogP) is 3.06. The first-order chi connectivity index (χ1) is 15.0. The molecule has 1 saturated heterocycles. The smallest absolute Gasteiger partial charge is 0.239 e. The van der Waals surface area contributed by atoms with Crippen molar-refractivity contribution in [1.29, 1.82) is 0 Å². The molecule has 166 valence electrons. The summed E-state index contributed by atoms with van der Waals surface area (Å²) in [5.41, 5.74) is 9.73. The number of benzene rings is 2. The average Bonchev–Trinajstić information content (AvgIpc) is 3.19. The molecule has 2 aliphatic rings. The van der Waals surface area contributed by atoms with Gasteiger partial charge in [0.1, 0.15) is 23.3 Å². The summed E-state index contributed by atoms with van der Waals surface area (Å²) in [5, 5.41) is 3.16. The maximum atomic E-state index is 13.1. The number of hydrazine groups is 1. The minimum Gasteiger partial charge on any atom is -0.497 e. The molecule has 7 heteroatoms. The van der Waals surface area contributed by atoms with Crippen molar-refractivity contribution in [2.24, 2.45) is 5.92 Å². The van der Waals surface area contributed by atoms with Crippen molar-refractivity contribution >= 4 is 5.91 Å². The van der Waals surface area contributed by atoms with E-state index in [0.29, 0.717) is 0 Å². The van der Waals surface area contributed by atoms with Crippen LogP contribution in [0.5, 0.6) is 17.2 Å². The van der Waals surface area contributed by atoms with E-state index in [2.05, 4.69) is 29.2 Å². The first kappa shape index (κ1) is 21.5. The lowest BCUT2D eigenvalue weighted by atomic mass is 9.90. The SMILES string of the molecule is COc1ccc(C2NNC(C(=O)NC(C)c3ccc4c(c3)CCCO4)C2C)c(OC)c1. The molecule has 2 aliphatic heterocycles. The standard InChI is InChI=1S/C24H31N3O4/c1-14-22(19-9-8-18(29-3)13-21(19)30-4)26-27-23(14)24(28)25-15(2)16-7-10-20-17(12-16)6-5-11-31-20/h7-10,12-15,22-23,26-27H,5-6,11H2,1-4H3,(H,25,28). The van der Waals surface area contributed by atoms with Crippen molar-refractivity contribution in [1.82, 2.24) is 16.2 Å². The van der Waals surface area contributed by atoms with E-state index in [1.807, 2.05) is 37.3 Å². The number of carbonyl (C=O) groups excluding carboxylic acids is 1. The van der Waals surface area contributed by atoms with Crippen LogP contribution in [-0.2, 0) is 11.2 Å². The molecular formula is C24H31N3O4. The molecule has 2 aromatic rings. The molecule has 1 amide bonds. The summed E-state index contributed by atoms with van der Waals surface area (Å²) in [6.45, 7) is 4.85. The van der Waals surface area contributed by atoms with E-state index in [1.165, 1.54) is 5.56 Å². The molecule has 2 heterocycles. The zero-order chi connectivity index (χ0) is 22.0. The number of fused-ring (bicyclic) bond motifs is 1. The summed E-state index contributed by atoms with van der Waals surface area (Å²) >= 11 is 0. The van der Waals surface area contributed by atoms with Gasteiger partial charge in [0.05, 0.1) is 32.9 Å².